The Balaban J connectivity index is 2.18. The smallest absolute Gasteiger partial charge is 0.0760 e. The van der Waals surface area contributed by atoms with Gasteiger partial charge in [0.05, 0.1) is 24.0 Å². The number of nitrogens with one attached hydrogen (secondary N) is 1. The maximum absolute atomic E-state index is 5.73. The number of hydrogen-bond donors (Lipinski definition) is 1. The molecular formula is C14H26N4O. The van der Waals surface area contributed by atoms with E-state index in [4.69, 9.17) is 4.74 Å². The Kier molecular flexibility index (Phi) is 5.34. The predicted molar refractivity (Wildman–Crippen MR) is 74.9 cm³/mol. The van der Waals surface area contributed by atoms with Crippen LogP contribution in [0.5, 0.6) is 0 Å². The molecule has 3 unspecified atom stereocenters. The lowest BCUT2D eigenvalue weighted by atomic mass is 9.91. The first-order chi connectivity index (χ1) is 9.27. The third-order valence-corrected chi connectivity index (χ3v) is 3.88. The van der Waals surface area contributed by atoms with Crippen LogP contribution in [0.15, 0.2) is 6.20 Å². The second kappa shape index (κ2) is 7.01. The van der Waals surface area contributed by atoms with Crippen LogP contribution in [0.2, 0.25) is 0 Å². The van der Waals surface area contributed by atoms with Crippen molar-refractivity contribution in [2.45, 2.75) is 58.7 Å². The molecule has 0 saturated carbocycles. The average molecular weight is 266 g/mol. The third kappa shape index (κ3) is 3.34. The molecule has 1 fully saturated rings. The summed E-state index contributed by atoms with van der Waals surface area (Å²) in [6.07, 6.45) is 5.54. The third-order valence-electron chi connectivity index (χ3n) is 3.88. The zero-order valence-corrected chi connectivity index (χ0v) is 12.3. The molecule has 5 nitrogen and oxygen atoms in total. The Morgan fingerprint density at radius 1 is 1.47 bits per heavy atom. The molecule has 1 aromatic heterocycles. The van der Waals surface area contributed by atoms with Gasteiger partial charge in [0.2, 0.25) is 0 Å². The first-order valence-electron chi connectivity index (χ1n) is 7.51. The molecule has 1 aliphatic heterocycles. The van der Waals surface area contributed by atoms with E-state index >= 15 is 0 Å². The van der Waals surface area contributed by atoms with E-state index in [0.717, 1.165) is 39.0 Å². The second-order valence-electron chi connectivity index (χ2n) is 5.34. The van der Waals surface area contributed by atoms with Crippen molar-refractivity contribution >= 4 is 0 Å². The molecule has 2 rings (SSSR count). The second-order valence-corrected chi connectivity index (χ2v) is 5.34. The lowest BCUT2D eigenvalue weighted by molar-refractivity contribution is 0.0942. The van der Waals surface area contributed by atoms with E-state index in [9.17, 15) is 0 Å². The molecule has 3 atom stereocenters. The van der Waals surface area contributed by atoms with Crippen LogP contribution < -0.4 is 5.32 Å². The minimum Gasteiger partial charge on any atom is -0.378 e. The quantitative estimate of drug-likeness (QED) is 0.821. The van der Waals surface area contributed by atoms with Crippen LogP contribution in [-0.4, -0.2) is 34.2 Å². The molecule has 5 heteroatoms. The fourth-order valence-corrected chi connectivity index (χ4v) is 2.85. The predicted octanol–water partition coefficient (Wildman–Crippen LogP) is 2.15. The number of aryl methyl sites for hydroxylation is 1. The van der Waals surface area contributed by atoms with Crippen molar-refractivity contribution in [1.29, 1.82) is 0 Å². The first kappa shape index (κ1) is 14.5. The topological polar surface area (TPSA) is 52.0 Å². The maximum Gasteiger partial charge on any atom is 0.0760 e. The Labute approximate surface area is 115 Å². The molecule has 0 bridgehead atoms. The molecule has 19 heavy (non-hydrogen) atoms. The normalized spacial score (nSPS) is 24.8. The number of ether oxygens (including phenoxy) is 1. The molecule has 0 amide bonds. The number of nitrogens with zero attached hydrogens (tertiary/aromatic N) is 3. The highest BCUT2D eigenvalue weighted by atomic mass is 16.5. The fraction of sp³-hybridized carbons (Fsp3) is 0.857. The fourth-order valence-electron chi connectivity index (χ4n) is 2.85. The van der Waals surface area contributed by atoms with Crippen LogP contribution in [0, 0.1) is 5.92 Å². The lowest BCUT2D eigenvalue weighted by Gasteiger charge is -2.27. The van der Waals surface area contributed by atoms with Crippen LogP contribution in [0.3, 0.4) is 0 Å². The molecule has 0 radical (unpaired) electrons. The Hall–Kier alpha value is -0.940. The van der Waals surface area contributed by atoms with Crippen LogP contribution in [0.4, 0.5) is 0 Å². The summed E-state index contributed by atoms with van der Waals surface area (Å²) in [5.74, 6) is 0.514. The van der Waals surface area contributed by atoms with Gasteiger partial charge in [0.25, 0.3) is 0 Å². The lowest BCUT2D eigenvalue weighted by Crippen LogP contribution is -2.34. The van der Waals surface area contributed by atoms with Crippen molar-refractivity contribution in [1.82, 2.24) is 20.3 Å². The van der Waals surface area contributed by atoms with E-state index in [0.29, 0.717) is 18.1 Å². The number of rotatable bonds is 7. The van der Waals surface area contributed by atoms with Crippen molar-refractivity contribution in [2.24, 2.45) is 5.92 Å². The van der Waals surface area contributed by atoms with Gasteiger partial charge in [0.1, 0.15) is 0 Å². The molecule has 1 aromatic rings. The molecular weight excluding hydrogens is 240 g/mol. The van der Waals surface area contributed by atoms with Gasteiger partial charge in [-0.15, -0.1) is 5.10 Å². The largest absolute Gasteiger partial charge is 0.378 e. The summed E-state index contributed by atoms with van der Waals surface area (Å²) in [5, 5.41) is 12.0. The zero-order valence-electron chi connectivity index (χ0n) is 12.3. The van der Waals surface area contributed by atoms with Gasteiger partial charge >= 0.3 is 0 Å². The highest BCUT2D eigenvalue weighted by Crippen LogP contribution is 2.33. The van der Waals surface area contributed by atoms with E-state index in [1.54, 1.807) is 0 Å². The average Bonchev–Trinajstić information content (AvgIpc) is 3.01. The molecule has 2 heterocycles. The maximum atomic E-state index is 5.73. The molecule has 0 spiro atoms. The molecule has 0 aliphatic carbocycles. The molecule has 1 aliphatic rings. The van der Waals surface area contributed by atoms with Gasteiger partial charge in [-0.1, -0.05) is 19.1 Å². The summed E-state index contributed by atoms with van der Waals surface area (Å²) in [6.45, 7) is 9.35. The van der Waals surface area contributed by atoms with E-state index in [1.165, 1.54) is 5.69 Å². The first-order valence-corrected chi connectivity index (χ1v) is 7.51. The minimum absolute atomic E-state index is 0.305. The van der Waals surface area contributed by atoms with Gasteiger partial charge in [-0.05, 0) is 32.7 Å². The van der Waals surface area contributed by atoms with Crippen molar-refractivity contribution in [2.75, 3.05) is 13.2 Å². The Morgan fingerprint density at radius 2 is 2.32 bits per heavy atom. The summed E-state index contributed by atoms with van der Waals surface area (Å²) >= 11 is 0. The Bertz CT molecular complexity index is 379. The van der Waals surface area contributed by atoms with Gasteiger partial charge in [0, 0.05) is 19.1 Å². The molecule has 1 N–H and O–H groups in total. The van der Waals surface area contributed by atoms with Crippen LogP contribution in [-0.2, 0) is 11.3 Å². The number of hydrogen-bond acceptors (Lipinski definition) is 4. The summed E-state index contributed by atoms with van der Waals surface area (Å²) in [7, 11) is 0. The monoisotopic (exact) mass is 266 g/mol. The minimum atomic E-state index is 0.305. The van der Waals surface area contributed by atoms with Crippen molar-refractivity contribution in [3.63, 3.8) is 0 Å². The molecule has 1 saturated heterocycles. The van der Waals surface area contributed by atoms with Gasteiger partial charge in [-0.25, -0.2) is 4.68 Å². The summed E-state index contributed by atoms with van der Waals surface area (Å²) in [6, 6.07) is 0.305. The molecule has 108 valence electrons. The van der Waals surface area contributed by atoms with Crippen molar-refractivity contribution in [3.05, 3.63) is 11.9 Å². The number of aromatic nitrogens is 3. The highest BCUT2D eigenvalue weighted by molar-refractivity contribution is 5.06. The van der Waals surface area contributed by atoms with Gasteiger partial charge in [-0.2, -0.15) is 0 Å². The van der Waals surface area contributed by atoms with E-state index in [-0.39, 0.29) is 0 Å². The van der Waals surface area contributed by atoms with Gasteiger partial charge in [-0.3, -0.25) is 0 Å². The van der Waals surface area contributed by atoms with Gasteiger partial charge < -0.3 is 10.1 Å². The van der Waals surface area contributed by atoms with Gasteiger partial charge in [0.15, 0.2) is 0 Å². The Morgan fingerprint density at radius 3 is 2.95 bits per heavy atom. The van der Waals surface area contributed by atoms with E-state index in [1.807, 2.05) is 10.9 Å². The summed E-state index contributed by atoms with van der Waals surface area (Å²) in [5.41, 5.74) is 1.21. The summed E-state index contributed by atoms with van der Waals surface area (Å²) in [4.78, 5) is 0. The van der Waals surface area contributed by atoms with E-state index in [2.05, 4.69) is 36.4 Å². The van der Waals surface area contributed by atoms with Crippen molar-refractivity contribution in [3.8, 4) is 0 Å². The van der Waals surface area contributed by atoms with Crippen molar-refractivity contribution < 1.29 is 4.74 Å². The van der Waals surface area contributed by atoms with Crippen LogP contribution in [0.1, 0.15) is 51.8 Å². The van der Waals surface area contributed by atoms with Crippen LogP contribution >= 0.6 is 0 Å². The van der Waals surface area contributed by atoms with Crippen LogP contribution in [0.25, 0.3) is 0 Å². The highest BCUT2D eigenvalue weighted by Gasteiger charge is 2.34. The van der Waals surface area contributed by atoms with E-state index < -0.39 is 0 Å². The molecule has 0 aromatic carbocycles. The summed E-state index contributed by atoms with van der Waals surface area (Å²) < 4.78 is 7.77. The SMILES string of the molecule is CCCNC(c1cnnn1CCC)C1CCOC1C. The standard InChI is InChI=1S/C14H26N4O/c1-4-7-15-14(12-6-9-19-11(12)3)13-10-16-17-18(13)8-5-2/h10-12,14-15H,4-9H2,1-3H3. The zero-order chi connectivity index (χ0) is 13.7.